The first kappa shape index (κ1) is 38.5. The van der Waals surface area contributed by atoms with Gasteiger partial charge in [-0.1, -0.05) is 23.7 Å². The summed E-state index contributed by atoms with van der Waals surface area (Å²) >= 11 is 6.36. The maximum Gasteiger partial charge on any atom is 0.328 e. The van der Waals surface area contributed by atoms with E-state index in [0.29, 0.717) is 43.2 Å². The summed E-state index contributed by atoms with van der Waals surface area (Å²) < 4.78 is 47.2. The lowest BCUT2D eigenvalue weighted by Crippen LogP contribution is -2.74. The average molecular weight is 857 g/mol. The van der Waals surface area contributed by atoms with Crippen LogP contribution in [0.1, 0.15) is 70.5 Å². The third kappa shape index (κ3) is 5.93. The summed E-state index contributed by atoms with van der Waals surface area (Å²) in [6, 6.07) is 11.6. The summed E-state index contributed by atoms with van der Waals surface area (Å²) in [6.45, 7) is 1.70. The number of urea groups is 1. The lowest BCUT2D eigenvalue weighted by molar-refractivity contribution is -0.241. The second-order valence-electron chi connectivity index (χ2n) is 18.4. The third-order valence-electron chi connectivity index (χ3n) is 14.5. The Bertz CT molecular complexity index is 2560. The van der Waals surface area contributed by atoms with Crippen molar-refractivity contribution in [2.45, 2.75) is 68.5 Å². The van der Waals surface area contributed by atoms with Crippen LogP contribution < -0.4 is 25.8 Å². The first-order chi connectivity index (χ1) is 29.2. The van der Waals surface area contributed by atoms with E-state index in [1.54, 1.807) is 7.05 Å². The Balaban J connectivity index is 0.731. The monoisotopic (exact) mass is 856 g/mol. The van der Waals surface area contributed by atoms with E-state index in [9.17, 15) is 23.6 Å². The number of carbonyl (C=O) groups excluding carboxylic acids is 4. The van der Waals surface area contributed by atoms with Crippen molar-refractivity contribution in [2.24, 2.45) is 10.8 Å². The molecule has 8 aliphatic rings. The van der Waals surface area contributed by atoms with Crippen LogP contribution in [0.4, 0.5) is 40.8 Å². The van der Waals surface area contributed by atoms with Crippen molar-refractivity contribution in [3.05, 3.63) is 76.1 Å². The smallest absolute Gasteiger partial charge is 0.328 e. The Morgan fingerprint density at radius 2 is 1.75 bits per heavy atom. The number of imide groups is 1. The molecular weight excluding hydrogens is 813 g/mol. The molecule has 4 aromatic rings. The predicted molar refractivity (Wildman–Crippen MR) is 220 cm³/mol. The minimum absolute atomic E-state index is 0.0660. The predicted octanol–water partition coefficient (Wildman–Crippen LogP) is 5.31. The van der Waals surface area contributed by atoms with Gasteiger partial charge in [-0.05, 0) is 78.3 Å². The van der Waals surface area contributed by atoms with Crippen molar-refractivity contribution >= 4 is 63.9 Å². The fraction of sp³-hybridized carbons (Fsp3) is 0.488. The van der Waals surface area contributed by atoms with Gasteiger partial charge in [0.15, 0.2) is 17.2 Å². The van der Waals surface area contributed by atoms with Gasteiger partial charge in [-0.2, -0.15) is 0 Å². The minimum Gasteiger partial charge on any atom is -0.385 e. The van der Waals surface area contributed by atoms with Crippen LogP contribution in [-0.2, 0) is 16.6 Å². The average Bonchev–Trinajstić information content (AvgIpc) is 3.51. The van der Waals surface area contributed by atoms with Crippen LogP contribution in [0, 0.1) is 10.8 Å². The molecule has 0 radical (unpaired) electrons. The molecule has 0 unspecified atom stereocenters. The van der Waals surface area contributed by atoms with E-state index in [0.717, 1.165) is 37.9 Å². The van der Waals surface area contributed by atoms with Crippen LogP contribution in [0.25, 0.3) is 5.65 Å². The fourth-order valence-electron chi connectivity index (χ4n) is 11.4. The highest BCUT2D eigenvalue weighted by Gasteiger charge is 2.71. The van der Waals surface area contributed by atoms with Gasteiger partial charge in [0.1, 0.15) is 6.17 Å². The van der Waals surface area contributed by atoms with E-state index in [1.807, 2.05) is 6.07 Å². The number of likely N-dealkylation sites (tertiary alicyclic amines) is 2. The molecule has 318 valence electrons. The van der Waals surface area contributed by atoms with E-state index >= 15 is 8.78 Å². The standard InChI is InChI=1S/C43H44ClF3N10O4/c1-48-30-15-34(52-57-33(16-49-36(30)57)37(59)50-29-14-28(29)45)55-10-7-25-26(3-2-4-31(25)55)41-17-40(18-41,19-41)20-53-21-42(22-53)9-12-54(23-43(42,46)47)38(60)24-5-6-27(44)32(13-24)56-11-8-35(58)51-39(56)61/h2-6,13,15-16,28-29,48H,7-12,14,17-23H2,1H3,(H,50,59)(H,51,58,61)/t28-,29+,40?,41?/m0/s1. The van der Waals surface area contributed by atoms with E-state index in [-0.39, 0.29) is 58.7 Å². The molecule has 61 heavy (non-hydrogen) atoms. The van der Waals surface area contributed by atoms with Crippen LogP contribution in [-0.4, -0.2) is 119 Å². The molecule has 14 nitrogen and oxygen atoms in total. The number of anilines is 4. The minimum atomic E-state index is -3.08. The molecule has 6 heterocycles. The Hall–Kier alpha value is -5.42. The highest BCUT2D eigenvalue weighted by atomic mass is 35.5. The molecule has 3 saturated heterocycles. The molecule has 2 aromatic heterocycles. The number of hydrogen-bond donors (Lipinski definition) is 3. The molecule has 1 spiro atoms. The lowest BCUT2D eigenvalue weighted by Gasteiger charge is -2.73. The van der Waals surface area contributed by atoms with Crippen molar-refractivity contribution in [1.82, 2.24) is 35.0 Å². The molecule has 4 aliphatic heterocycles. The van der Waals surface area contributed by atoms with Crippen LogP contribution in [0.5, 0.6) is 0 Å². The molecular formula is C43H44ClF3N10O4. The summed E-state index contributed by atoms with van der Waals surface area (Å²) in [5.41, 5.74) is 4.58. The number of rotatable bonds is 9. The molecule has 2 atom stereocenters. The van der Waals surface area contributed by atoms with Gasteiger partial charge in [0.25, 0.3) is 17.7 Å². The maximum atomic E-state index is 16.1. The van der Waals surface area contributed by atoms with Gasteiger partial charge < -0.3 is 25.3 Å². The Kier molecular flexibility index (Phi) is 8.39. The second kappa shape index (κ2) is 13.3. The fourth-order valence-corrected chi connectivity index (χ4v) is 11.6. The summed E-state index contributed by atoms with van der Waals surface area (Å²) in [5.74, 6) is -3.77. The summed E-state index contributed by atoms with van der Waals surface area (Å²) in [5, 5.41) is 13.2. The number of nitrogens with one attached hydrogen (secondary N) is 3. The van der Waals surface area contributed by atoms with Crippen molar-refractivity contribution in [1.29, 1.82) is 0 Å². The number of halogens is 4. The number of amides is 5. The number of fused-ring (bicyclic) bond motifs is 2. The van der Waals surface area contributed by atoms with Crippen molar-refractivity contribution in [3.8, 4) is 0 Å². The summed E-state index contributed by atoms with van der Waals surface area (Å²) in [6.07, 6.45) is 4.90. The van der Waals surface area contributed by atoms with Crippen molar-refractivity contribution in [2.75, 3.05) is 68.0 Å². The molecule has 4 aliphatic carbocycles. The van der Waals surface area contributed by atoms with Gasteiger partial charge in [0, 0.05) is 76.5 Å². The summed E-state index contributed by atoms with van der Waals surface area (Å²) in [4.78, 5) is 62.0. The Labute approximate surface area is 353 Å². The normalized spacial score (nSPS) is 28.2. The number of hydrogen-bond acceptors (Lipinski definition) is 9. The number of piperidine rings is 1. The van der Waals surface area contributed by atoms with Gasteiger partial charge in [0.2, 0.25) is 5.91 Å². The highest BCUT2D eigenvalue weighted by Crippen LogP contribution is 2.75. The molecule has 12 rings (SSSR count). The second-order valence-corrected chi connectivity index (χ2v) is 18.8. The van der Waals surface area contributed by atoms with Gasteiger partial charge in [-0.3, -0.25) is 24.6 Å². The number of benzene rings is 2. The maximum absolute atomic E-state index is 16.1. The highest BCUT2D eigenvalue weighted by molar-refractivity contribution is 6.34. The van der Waals surface area contributed by atoms with Crippen molar-refractivity contribution < 1.29 is 32.3 Å². The molecule has 3 N–H and O–H groups in total. The van der Waals surface area contributed by atoms with Gasteiger partial charge >= 0.3 is 6.03 Å². The number of aromatic nitrogens is 3. The first-order valence-electron chi connectivity index (χ1n) is 20.9. The van der Waals surface area contributed by atoms with Crippen LogP contribution in [0.15, 0.2) is 48.7 Å². The number of nitrogens with zero attached hydrogens (tertiary/aromatic N) is 7. The summed E-state index contributed by atoms with van der Waals surface area (Å²) in [7, 11) is 1.79. The van der Waals surface area contributed by atoms with Gasteiger partial charge in [-0.25, -0.2) is 27.5 Å². The van der Waals surface area contributed by atoms with Crippen LogP contribution in [0.2, 0.25) is 5.02 Å². The van der Waals surface area contributed by atoms with Crippen LogP contribution >= 0.6 is 11.6 Å². The topological polar surface area (TPSA) is 148 Å². The molecule has 18 heteroatoms. The molecule has 4 saturated carbocycles. The molecule has 7 fully saturated rings. The van der Waals surface area contributed by atoms with E-state index < -0.39 is 53.8 Å². The van der Waals surface area contributed by atoms with Crippen LogP contribution in [0.3, 0.4) is 0 Å². The molecule has 2 bridgehead atoms. The zero-order valence-electron chi connectivity index (χ0n) is 33.4. The quantitative estimate of drug-likeness (QED) is 0.204. The Morgan fingerprint density at radius 3 is 2.48 bits per heavy atom. The zero-order chi connectivity index (χ0) is 42.2. The third-order valence-corrected chi connectivity index (χ3v) is 14.8. The Morgan fingerprint density at radius 1 is 0.984 bits per heavy atom. The van der Waals surface area contributed by atoms with E-state index in [1.165, 1.54) is 49.8 Å². The first-order valence-corrected chi connectivity index (χ1v) is 21.3. The van der Waals surface area contributed by atoms with E-state index in [2.05, 4.69) is 48.9 Å². The van der Waals surface area contributed by atoms with Gasteiger partial charge in [-0.15, -0.1) is 5.10 Å². The number of carbonyl (C=O) groups is 4. The van der Waals surface area contributed by atoms with E-state index in [4.69, 9.17) is 16.7 Å². The van der Waals surface area contributed by atoms with Crippen molar-refractivity contribution in [3.63, 3.8) is 0 Å². The molecule has 5 amide bonds. The number of alkyl halides is 3. The zero-order valence-corrected chi connectivity index (χ0v) is 34.2. The number of imidazole rings is 1. The largest absolute Gasteiger partial charge is 0.385 e. The lowest BCUT2D eigenvalue weighted by atomic mass is 9.33. The van der Waals surface area contributed by atoms with Gasteiger partial charge in [0.05, 0.1) is 40.6 Å². The SMILES string of the molecule is CNc1cc(N2CCc3c2cccc3C23CC(CN4CC5(CCN(C(=O)c6ccc(Cl)c(N7CCC(=O)NC7=O)c6)CC5(F)F)C4)(C2)C3)nn2c(C(=O)N[C@@H]3C[C@@H]3F)cnc12. The molecule has 2 aromatic carbocycles.